The number of alkyl halides is 1. The number of halogens is 3. The minimum atomic E-state index is 0.165. The van der Waals surface area contributed by atoms with Crippen molar-refractivity contribution in [2.45, 2.75) is 6.42 Å². The third-order valence-electron chi connectivity index (χ3n) is 1.47. The highest BCUT2D eigenvalue weighted by Gasteiger charge is 2.03. The summed E-state index contributed by atoms with van der Waals surface area (Å²) in [6.07, 6.45) is 0.446. The molecule has 13 heavy (non-hydrogen) atoms. The van der Waals surface area contributed by atoms with Gasteiger partial charge in [-0.2, -0.15) is 0 Å². The van der Waals surface area contributed by atoms with Crippen LogP contribution in [0.4, 0.5) is 0 Å². The second-order valence-electron chi connectivity index (χ2n) is 2.63. The Morgan fingerprint density at radius 1 is 1.46 bits per heavy atom. The molecular formula is C9H7BrClIO. The van der Waals surface area contributed by atoms with Crippen molar-refractivity contribution in [3.63, 3.8) is 0 Å². The zero-order valence-corrected chi connectivity index (χ0v) is 11.2. The number of hydrogen-bond acceptors (Lipinski definition) is 1. The summed E-state index contributed by atoms with van der Waals surface area (Å²) in [4.78, 5) is 11.1. The van der Waals surface area contributed by atoms with E-state index in [4.69, 9.17) is 11.6 Å². The van der Waals surface area contributed by atoms with Gasteiger partial charge in [-0.05, 0) is 46.4 Å². The van der Waals surface area contributed by atoms with E-state index in [-0.39, 0.29) is 5.78 Å². The Hall–Kier alpha value is 0.390. The monoisotopic (exact) mass is 372 g/mol. The molecule has 0 spiro atoms. The van der Waals surface area contributed by atoms with E-state index in [2.05, 4.69) is 38.5 Å². The summed E-state index contributed by atoms with van der Waals surface area (Å²) in [5, 5.41) is 1.08. The molecule has 0 unspecified atom stereocenters. The van der Waals surface area contributed by atoms with Crippen molar-refractivity contribution in [3.05, 3.63) is 32.4 Å². The van der Waals surface area contributed by atoms with Gasteiger partial charge in [-0.25, -0.2) is 0 Å². The lowest BCUT2D eigenvalue weighted by molar-refractivity contribution is -0.115. The molecule has 1 aromatic carbocycles. The molecule has 0 aliphatic rings. The van der Waals surface area contributed by atoms with Gasteiger partial charge in [0.15, 0.2) is 0 Å². The molecule has 0 fully saturated rings. The molecule has 0 aliphatic heterocycles. The van der Waals surface area contributed by atoms with Crippen molar-refractivity contribution in [3.8, 4) is 0 Å². The van der Waals surface area contributed by atoms with Crippen molar-refractivity contribution in [1.29, 1.82) is 0 Å². The molecular weight excluding hydrogens is 366 g/mol. The number of rotatable bonds is 3. The van der Waals surface area contributed by atoms with Crippen molar-refractivity contribution >= 4 is 55.9 Å². The zero-order chi connectivity index (χ0) is 9.84. The normalized spacial score (nSPS) is 10.1. The average Bonchev–Trinajstić information content (AvgIpc) is 2.02. The Morgan fingerprint density at radius 3 is 2.69 bits per heavy atom. The Balaban J connectivity index is 2.83. The van der Waals surface area contributed by atoms with Crippen molar-refractivity contribution in [2.24, 2.45) is 0 Å². The fourth-order valence-electron chi connectivity index (χ4n) is 0.988. The van der Waals surface area contributed by atoms with E-state index in [1.54, 1.807) is 0 Å². The van der Waals surface area contributed by atoms with Gasteiger partial charge >= 0.3 is 0 Å². The number of carbonyl (C=O) groups is 1. The molecule has 0 aromatic heterocycles. The van der Waals surface area contributed by atoms with Crippen LogP contribution in [0.2, 0.25) is 5.02 Å². The summed E-state index contributed by atoms with van der Waals surface area (Å²) in [7, 11) is 0. The Morgan fingerprint density at radius 2 is 2.15 bits per heavy atom. The topological polar surface area (TPSA) is 17.1 Å². The van der Waals surface area contributed by atoms with Crippen LogP contribution >= 0.6 is 50.1 Å². The quantitative estimate of drug-likeness (QED) is 0.586. The first kappa shape index (κ1) is 11.5. The molecule has 4 heteroatoms. The van der Waals surface area contributed by atoms with E-state index in [0.29, 0.717) is 16.8 Å². The van der Waals surface area contributed by atoms with Gasteiger partial charge in [-0.1, -0.05) is 27.5 Å². The largest absolute Gasteiger partial charge is 0.298 e. The molecule has 1 nitrogen and oxygen atoms in total. The van der Waals surface area contributed by atoms with E-state index in [0.717, 1.165) is 9.13 Å². The molecule has 0 atom stereocenters. The number of benzene rings is 1. The maximum Gasteiger partial charge on any atom is 0.147 e. The lowest BCUT2D eigenvalue weighted by Gasteiger charge is -2.00. The van der Waals surface area contributed by atoms with Gasteiger partial charge in [0.05, 0.1) is 5.33 Å². The van der Waals surface area contributed by atoms with Crippen LogP contribution in [-0.4, -0.2) is 11.1 Å². The molecule has 0 aliphatic carbocycles. The highest BCUT2D eigenvalue weighted by molar-refractivity contribution is 14.1. The second kappa shape index (κ2) is 5.32. The highest BCUT2D eigenvalue weighted by atomic mass is 127. The van der Waals surface area contributed by atoms with E-state index in [1.807, 2.05) is 18.2 Å². The maximum absolute atomic E-state index is 11.1. The van der Waals surface area contributed by atoms with Gasteiger partial charge in [-0.3, -0.25) is 4.79 Å². The third-order valence-corrected chi connectivity index (χ3v) is 2.94. The molecule has 1 rings (SSSR count). The summed E-state index contributed by atoms with van der Waals surface area (Å²) in [5.41, 5.74) is 0.973. The van der Waals surface area contributed by atoms with Gasteiger partial charge in [0.1, 0.15) is 5.78 Å². The van der Waals surface area contributed by atoms with E-state index >= 15 is 0 Å². The Labute approximate surface area is 104 Å². The molecule has 0 saturated carbocycles. The first-order valence-electron chi connectivity index (χ1n) is 3.64. The molecule has 0 radical (unpaired) electrons. The molecule has 70 valence electrons. The van der Waals surface area contributed by atoms with Crippen molar-refractivity contribution in [1.82, 2.24) is 0 Å². The van der Waals surface area contributed by atoms with E-state index < -0.39 is 0 Å². The third kappa shape index (κ3) is 3.95. The van der Waals surface area contributed by atoms with E-state index in [1.165, 1.54) is 0 Å². The van der Waals surface area contributed by atoms with Crippen LogP contribution in [0.15, 0.2) is 18.2 Å². The van der Waals surface area contributed by atoms with Crippen LogP contribution in [0.1, 0.15) is 5.56 Å². The van der Waals surface area contributed by atoms with Crippen LogP contribution in [-0.2, 0) is 11.2 Å². The number of hydrogen-bond donors (Lipinski definition) is 0. The molecule has 1 aromatic rings. The average molecular weight is 373 g/mol. The second-order valence-corrected chi connectivity index (χ2v) is 4.87. The zero-order valence-electron chi connectivity index (χ0n) is 6.69. The highest BCUT2D eigenvalue weighted by Crippen LogP contribution is 2.17. The predicted molar refractivity (Wildman–Crippen MR) is 66.7 cm³/mol. The first-order valence-corrected chi connectivity index (χ1v) is 6.22. The van der Waals surface area contributed by atoms with Crippen LogP contribution in [0, 0.1) is 3.57 Å². The van der Waals surface area contributed by atoms with E-state index in [9.17, 15) is 4.79 Å². The summed E-state index contributed by atoms with van der Waals surface area (Å²) >= 11 is 11.2. The van der Waals surface area contributed by atoms with Crippen LogP contribution in [0.25, 0.3) is 0 Å². The van der Waals surface area contributed by atoms with Gasteiger partial charge < -0.3 is 0 Å². The molecule has 0 bridgehead atoms. The first-order chi connectivity index (χ1) is 6.11. The smallest absolute Gasteiger partial charge is 0.147 e. The molecule has 0 heterocycles. The number of ketones is 1. The van der Waals surface area contributed by atoms with Crippen LogP contribution < -0.4 is 0 Å². The van der Waals surface area contributed by atoms with Crippen molar-refractivity contribution < 1.29 is 4.79 Å². The molecule has 0 N–H and O–H groups in total. The summed E-state index contributed by atoms with van der Waals surface area (Å²) < 4.78 is 1.06. The Kier molecular flexibility index (Phi) is 4.69. The van der Waals surface area contributed by atoms with Crippen molar-refractivity contribution in [2.75, 3.05) is 5.33 Å². The van der Waals surface area contributed by atoms with Crippen LogP contribution in [0.3, 0.4) is 0 Å². The fraction of sp³-hybridized carbons (Fsp3) is 0.222. The fourth-order valence-corrected chi connectivity index (χ4v) is 2.36. The molecule has 0 saturated heterocycles. The maximum atomic E-state index is 11.1. The standard InChI is InChI=1S/C9H7BrClIO/c10-5-9(13)3-6-1-7(11)4-8(12)2-6/h1-2,4H,3,5H2. The SMILES string of the molecule is O=C(CBr)Cc1cc(Cl)cc(I)c1. The van der Waals surface area contributed by atoms with Gasteiger partial charge in [0, 0.05) is 15.0 Å². The predicted octanol–water partition coefficient (Wildman–Crippen LogP) is 3.45. The minimum Gasteiger partial charge on any atom is -0.298 e. The Bertz CT molecular complexity index is 307. The molecule has 0 amide bonds. The van der Waals surface area contributed by atoms with Gasteiger partial charge in [0.25, 0.3) is 0 Å². The number of Topliss-reactive ketones (excluding diaryl/α,β-unsaturated/α-hetero) is 1. The summed E-state index contributed by atoms with van der Waals surface area (Å²) in [6.45, 7) is 0. The minimum absolute atomic E-state index is 0.165. The summed E-state index contributed by atoms with van der Waals surface area (Å²) in [6, 6.07) is 5.65. The van der Waals surface area contributed by atoms with Crippen LogP contribution in [0.5, 0.6) is 0 Å². The lowest BCUT2D eigenvalue weighted by Crippen LogP contribution is -2.03. The van der Waals surface area contributed by atoms with Gasteiger partial charge in [-0.15, -0.1) is 0 Å². The summed E-state index contributed by atoms with van der Waals surface area (Å²) in [5.74, 6) is 0.165. The number of carbonyl (C=O) groups excluding carboxylic acids is 1. The van der Waals surface area contributed by atoms with Gasteiger partial charge in [0.2, 0.25) is 0 Å². The lowest BCUT2D eigenvalue weighted by atomic mass is 10.1.